The second kappa shape index (κ2) is 1.63. The molecule has 0 aromatic carbocycles. The average Bonchev–Trinajstić information content (AvgIpc) is 2.31. The van der Waals surface area contributed by atoms with Crippen molar-refractivity contribution in [3.05, 3.63) is 0 Å². The largest absolute Gasteiger partial charge is 0.299 e. The van der Waals surface area contributed by atoms with E-state index in [9.17, 15) is 4.79 Å². The average molecular weight is 138 g/mol. The first-order valence-corrected chi connectivity index (χ1v) is 4.18. The Morgan fingerprint density at radius 2 is 2.10 bits per heavy atom. The molecule has 0 saturated heterocycles. The van der Waals surface area contributed by atoms with Crippen molar-refractivity contribution in [2.24, 2.45) is 17.3 Å². The zero-order valence-electron chi connectivity index (χ0n) is 6.68. The molecule has 1 nitrogen and oxygen atoms in total. The molecule has 0 N–H and O–H groups in total. The fourth-order valence-corrected chi connectivity index (χ4v) is 2.70. The van der Waals surface area contributed by atoms with Crippen LogP contribution in [0.5, 0.6) is 0 Å². The molecule has 0 heterocycles. The number of rotatable bonds is 0. The highest BCUT2D eigenvalue weighted by Gasteiger charge is 2.56. The minimum absolute atomic E-state index is 0.0428. The Morgan fingerprint density at radius 1 is 1.40 bits per heavy atom. The molecule has 2 aliphatic rings. The number of hydrogen-bond donors (Lipinski definition) is 0. The third-order valence-electron chi connectivity index (χ3n) is 3.41. The van der Waals surface area contributed by atoms with Crippen LogP contribution in [-0.4, -0.2) is 5.78 Å². The first-order chi connectivity index (χ1) is 4.64. The summed E-state index contributed by atoms with van der Waals surface area (Å²) in [5.41, 5.74) is 0.0428. The number of fused-ring (bicyclic) bond motifs is 1. The van der Waals surface area contributed by atoms with E-state index in [0.717, 1.165) is 5.92 Å². The Kier molecular flexibility index (Phi) is 1.04. The van der Waals surface area contributed by atoms with Crippen molar-refractivity contribution in [1.82, 2.24) is 0 Å². The van der Waals surface area contributed by atoms with Crippen molar-refractivity contribution in [1.29, 1.82) is 0 Å². The van der Waals surface area contributed by atoms with Gasteiger partial charge >= 0.3 is 0 Å². The van der Waals surface area contributed by atoms with Crippen LogP contribution in [-0.2, 0) is 4.79 Å². The van der Waals surface area contributed by atoms with Gasteiger partial charge in [0.2, 0.25) is 0 Å². The van der Waals surface area contributed by atoms with Gasteiger partial charge in [0.05, 0.1) is 0 Å². The Morgan fingerprint density at radius 3 is 2.70 bits per heavy atom. The van der Waals surface area contributed by atoms with Crippen LogP contribution in [0.4, 0.5) is 0 Å². The maximum atomic E-state index is 11.4. The van der Waals surface area contributed by atoms with Gasteiger partial charge in [0.25, 0.3) is 0 Å². The van der Waals surface area contributed by atoms with Crippen molar-refractivity contribution >= 4 is 5.78 Å². The van der Waals surface area contributed by atoms with Gasteiger partial charge in [0, 0.05) is 11.3 Å². The molecule has 0 aliphatic heterocycles. The van der Waals surface area contributed by atoms with E-state index >= 15 is 0 Å². The van der Waals surface area contributed by atoms with Crippen LogP contribution in [0.25, 0.3) is 0 Å². The predicted octanol–water partition coefficient (Wildman–Crippen LogP) is 2.01. The number of ketones is 1. The molecule has 0 amide bonds. The summed E-state index contributed by atoms with van der Waals surface area (Å²) in [5, 5.41) is 0. The van der Waals surface area contributed by atoms with Crippen molar-refractivity contribution in [2.45, 2.75) is 33.1 Å². The molecular weight excluding hydrogens is 124 g/mol. The molecule has 0 radical (unpaired) electrons. The molecule has 2 fully saturated rings. The zero-order valence-corrected chi connectivity index (χ0v) is 6.68. The van der Waals surface area contributed by atoms with Crippen molar-refractivity contribution in [3.63, 3.8) is 0 Å². The molecule has 1 heteroatoms. The summed E-state index contributed by atoms with van der Waals surface area (Å²) >= 11 is 0. The zero-order chi connectivity index (χ0) is 7.35. The highest BCUT2D eigenvalue weighted by molar-refractivity contribution is 5.93. The van der Waals surface area contributed by atoms with Crippen LogP contribution in [0.15, 0.2) is 0 Å². The first kappa shape index (κ1) is 6.38. The van der Waals surface area contributed by atoms with E-state index < -0.39 is 0 Å². The van der Waals surface area contributed by atoms with Crippen LogP contribution in [0.1, 0.15) is 33.1 Å². The summed E-state index contributed by atoms with van der Waals surface area (Å²) in [6, 6.07) is 0. The Balaban J connectivity index is 2.23. The lowest BCUT2D eigenvalue weighted by atomic mass is 9.56. The summed E-state index contributed by atoms with van der Waals surface area (Å²) in [7, 11) is 0. The molecule has 2 saturated carbocycles. The van der Waals surface area contributed by atoms with Crippen molar-refractivity contribution in [2.75, 3.05) is 0 Å². The standard InChI is InChI=1S/C9H14O/c1-9(2)7-5-3-4-6(7)8(9)10/h6-7H,3-5H2,1-2H3/t6-,7+/m0/s1. The Bertz CT molecular complexity index is 181. The SMILES string of the molecule is CC1(C)C(=O)[C@H]2CCC[C@H]21. The molecule has 2 atom stereocenters. The van der Waals surface area contributed by atoms with E-state index in [4.69, 9.17) is 0 Å². The van der Waals surface area contributed by atoms with Gasteiger partial charge in [-0.1, -0.05) is 20.3 Å². The summed E-state index contributed by atoms with van der Waals surface area (Å²) in [4.78, 5) is 11.4. The third kappa shape index (κ3) is 0.518. The van der Waals surface area contributed by atoms with E-state index in [1.54, 1.807) is 0 Å². The second-order valence-electron chi connectivity index (χ2n) is 4.23. The molecule has 0 aromatic rings. The van der Waals surface area contributed by atoms with Gasteiger partial charge in [0.15, 0.2) is 0 Å². The predicted molar refractivity (Wildman–Crippen MR) is 39.6 cm³/mol. The fourth-order valence-electron chi connectivity index (χ4n) is 2.70. The topological polar surface area (TPSA) is 17.1 Å². The molecule has 10 heavy (non-hydrogen) atoms. The number of hydrogen-bond acceptors (Lipinski definition) is 1. The number of carbonyl (C=O) groups excluding carboxylic acids is 1. The normalized spacial score (nSPS) is 42.8. The number of Topliss-reactive ketones (excluding diaryl/α,β-unsaturated/α-hetero) is 1. The Hall–Kier alpha value is -0.330. The van der Waals surface area contributed by atoms with E-state index in [0.29, 0.717) is 11.7 Å². The molecule has 0 aromatic heterocycles. The number of carbonyl (C=O) groups is 1. The molecule has 2 aliphatic carbocycles. The monoisotopic (exact) mass is 138 g/mol. The van der Waals surface area contributed by atoms with Gasteiger partial charge in [-0.05, 0) is 18.8 Å². The minimum Gasteiger partial charge on any atom is -0.299 e. The van der Waals surface area contributed by atoms with Gasteiger partial charge in [-0.15, -0.1) is 0 Å². The highest BCUT2D eigenvalue weighted by Crippen LogP contribution is 2.55. The van der Waals surface area contributed by atoms with Crippen LogP contribution in [0, 0.1) is 17.3 Å². The second-order valence-corrected chi connectivity index (χ2v) is 4.23. The lowest BCUT2D eigenvalue weighted by molar-refractivity contribution is -0.150. The molecular formula is C9H14O. The minimum atomic E-state index is 0.0428. The smallest absolute Gasteiger partial charge is 0.142 e. The maximum absolute atomic E-state index is 11.4. The quantitative estimate of drug-likeness (QED) is 0.500. The van der Waals surface area contributed by atoms with E-state index in [-0.39, 0.29) is 5.41 Å². The van der Waals surface area contributed by atoms with Gasteiger partial charge < -0.3 is 0 Å². The first-order valence-electron chi connectivity index (χ1n) is 4.18. The summed E-state index contributed by atoms with van der Waals surface area (Å²) in [5.74, 6) is 1.73. The highest BCUT2D eigenvalue weighted by atomic mass is 16.1. The van der Waals surface area contributed by atoms with Crippen LogP contribution >= 0.6 is 0 Å². The molecule has 0 bridgehead atoms. The van der Waals surface area contributed by atoms with Crippen molar-refractivity contribution < 1.29 is 4.79 Å². The summed E-state index contributed by atoms with van der Waals surface area (Å²) in [6.07, 6.45) is 3.75. The molecule has 2 rings (SSSR count). The third-order valence-corrected chi connectivity index (χ3v) is 3.41. The van der Waals surface area contributed by atoms with Gasteiger partial charge in [0.1, 0.15) is 5.78 Å². The maximum Gasteiger partial charge on any atom is 0.142 e. The van der Waals surface area contributed by atoms with Gasteiger partial charge in [-0.3, -0.25) is 4.79 Å². The van der Waals surface area contributed by atoms with Crippen LogP contribution in [0.3, 0.4) is 0 Å². The van der Waals surface area contributed by atoms with Crippen LogP contribution in [0.2, 0.25) is 0 Å². The summed E-state index contributed by atoms with van der Waals surface area (Å²) < 4.78 is 0. The Labute approximate surface area is 61.8 Å². The summed E-state index contributed by atoms with van der Waals surface area (Å²) in [6.45, 7) is 4.20. The van der Waals surface area contributed by atoms with Gasteiger partial charge in [-0.25, -0.2) is 0 Å². The van der Waals surface area contributed by atoms with Gasteiger partial charge in [-0.2, -0.15) is 0 Å². The van der Waals surface area contributed by atoms with Crippen LogP contribution < -0.4 is 0 Å². The lowest BCUT2D eigenvalue weighted by Gasteiger charge is -2.46. The molecule has 56 valence electrons. The van der Waals surface area contributed by atoms with E-state index in [2.05, 4.69) is 13.8 Å². The van der Waals surface area contributed by atoms with Crippen molar-refractivity contribution in [3.8, 4) is 0 Å². The fraction of sp³-hybridized carbons (Fsp3) is 0.889. The lowest BCUT2D eigenvalue weighted by Crippen LogP contribution is -2.51. The van der Waals surface area contributed by atoms with E-state index in [1.807, 2.05) is 0 Å². The molecule has 0 spiro atoms. The molecule has 0 unspecified atom stereocenters. The van der Waals surface area contributed by atoms with E-state index in [1.165, 1.54) is 19.3 Å².